The molecule has 0 fully saturated rings. The predicted octanol–water partition coefficient (Wildman–Crippen LogP) is 2.39. The molecule has 0 aromatic rings. The fraction of sp³-hybridized carbons (Fsp3) is 0.500. The van der Waals surface area contributed by atoms with Crippen molar-refractivity contribution >= 4 is 6.72 Å². The second kappa shape index (κ2) is 12.8. The zero-order chi connectivity index (χ0) is 9.82. The van der Waals surface area contributed by atoms with Crippen LogP contribution in [0.15, 0.2) is 29.4 Å². The molecule has 0 aromatic carbocycles. The Labute approximate surface area is 76.1 Å². The van der Waals surface area contributed by atoms with E-state index in [0.29, 0.717) is 0 Å². The fourth-order valence-corrected chi connectivity index (χ4v) is 0.606. The lowest BCUT2D eigenvalue weighted by molar-refractivity contribution is 0.793. The molecule has 0 radical (unpaired) electrons. The first kappa shape index (κ1) is 13.7. The molecule has 0 aromatic heterocycles. The SMILES string of the molecule is C=C/C(=C\N=C)CCNC.CC. The lowest BCUT2D eigenvalue weighted by Gasteiger charge is -1.97. The lowest BCUT2D eigenvalue weighted by atomic mass is 10.2. The molecular formula is C10H20N2. The van der Waals surface area contributed by atoms with Crippen molar-refractivity contribution in [2.45, 2.75) is 20.3 Å². The Balaban J connectivity index is 0. The van der Waals surface area contributed by atoms with E-state index in [-0.39, 0.29) is 0 Å². The van der Waals surface area contributed by atoms with Crippen LogP contribution in [-0.2, 0) is 0 Å². The summed E-state index contributed by atoms with van der Waals surface area (Å²) < 4.78 is 0. The molecule has 0 spiro atoms. The molecule has 0 saturated heterocycles. The number of aliphatic imine (C=N–C) groups is 1. The maximum atomic E-state index is 3.65. The van der Waals surface area contributed by atoms with Gasteiger partial charge in [0, 0.05) is 6.20 Å². The van der Waals surface area contributed by atoms with Crippen LogP contribution in [0.4, 0.5) is 0 Å². The van der Waals surface area contributed by atoms with Crippen LogP contribution in [0.3, 0.4) is 0 Å². The first-order valence-electron chi connectivity index (χ1n) is 4.27. The van der Waals surface area contributed by atoms with Gasteiger partial charge >= 0.3 is 0 Å². The summed E-state index contributed by atoms with van der Waals surface area (Å²) in [6.45, 7) is 12.0. The average Bonchev–Trinajstić information content (AvgIpc) is 2.15. The van der Waals surface area contributed by atoms with Crippen LogP contribution in [0.1, 0.15) is 20.3 Å². The Kier molecular flexibility index (Phi) is 14.5. The highest BCUT2D eigenvalue weighted by molar-refractivity contribution is 5.28. The third-order valence-corrected chi connectivity index (χ3v) is 1.18. The summed E-state index contributed by atoms with van der Waals surface area (Å²) in [6, 6.07) is 0. The van der Waals surface area contributed by atoms with E-state index >= 15 is 0 Å². The van der Waals surface area contributed by atoms with E-state index < -0.39 is 0 Å². The van der Waals surface area contributed by atoms with Gasteiger partial charge in [0.05, 0.1) is 0 Å². The maximum Gasteiger partial charge on any atom is 0.0292 e. The highest BCUT2D eigenvalue weighted by Gasteiger charge is 1.87. The minimum Gasteiger partial charge on any atom is -0.319 e. The molecule has 1 N–H and O–H groups in total. The molecule has 2 nitrogen and oxygen atoms in total. The van der Waals surface area contributed by atoms with E-state index in [0.717, 1.165) is 18.5 Å². The monoisotopic (exact) mass is 168 g/mol. The summed E-state index contributed by atoms with van der Waals surface area (Å²) in [5, 5.41) is 3.04. The highest BCUT2D eigenvalue weighted by atomic mass is 14.8. The predicted molar refractivity (Wildman–Crippen MR) is 57.7 cm³/mol. The molecule has 2 heteroatoms. The van der Waals surface area contributed by atoms with E-state index in [1.54, 1.807) is 12.3 Å². The third-order valence-electron chi connectivity index (χ3n) is 1.18. The van der Waals surface area contributed by atoms with Gasteiger partial charge in [-0.2, -0.15) is 0 Å². The fourth-order valence-electron chi connectivity index (χ4n) is 0.606. The number of hydrogen-bond donors (Lipinski definition) is 1. The van der Waals surface area contributed by atoms with Crippen LogP contribution in [0.25, 0.3) is 0 Å². The zero-order valence-electron chi connectivity index (χ0n) is 8.43. The first-order valence-corrected chi connectivity index (χ1v) is 4.27. The summed E-state index contributed by atoms with van der Waals surface area (Å²) in [5.74, 6) is 0. The Morgan fingerprint density at radius 2 is 2.08 bits per heavy atom. The summed E-state index contributed by atoms with van der Waals surface area (Å²) in [7, 11) is 1.92. The van der Waals surface area contributed by atoms with Crippen molar-refractivity contribution in [3.05, 3.63) is 24.4 Å². The minimum absolute atomic E-state index is 0.952. The van der Waals surface area contributed by atoms with Gasteiger partial charge in [-0.25, -0.2) is 0 Å². The van der Waals surface area contributed by atoms with E-state index in [1.165, 1.54) is 0 Å². The van der Waals surface area contributed by atoms with Gasteiger partial charge in [-0.15, -0.1) is 0 Å². The second-order valence-electron chi connectivity index (χ2n) is 1.94. The minimum atomic E-state index is 0.952. The van der Waals surface area contributed by atoms with Crippen molar-refractivity contribution in [1.29, 1.82) is 0 Å². The first-order chi connectivity index (χ1) is 5.85. The molecule has 0 heterocycles. The van der Waals surface area contributed by atoms with Crippen molar-refractivity contribution < 1.29 is 0 Å². The number of allylic oxidation sites excluding steroid dienone is 1. The maximum absolute atomic E-state index is 3.65. The Morgan fingerprint density at radius 1 is 1.50 bits per heavy atom. The van der Waals surface area contributed by atoms with Crippen molar-refractivity contribution in [3.8, 4) is 0 Å². The molecule has 0 saturated carbocycles. The molecule has 0 aliphatic heterocycles. The van der Waals surface area contributed by atoms with Crippen LogP contribution in [0.5, 0.6) is 0 Å². The largest absolute Gasteiger partial charge is 0.319 e. The molecule has 0 amide bonds. The van der Waals surface area contributed by atoms with Crippen LogP contribution >= 0.6 is 0 Å². The van der Waals surface area contributed by atoms with Gasteiger partial charge in [-0.3, -0.25) is 4.99 Å². The van der Waals surface area contributed by atoms with E-state index in [2.05, 4.69) is 23.6 Å². The number of nitrogens with zero attached hydrogens (tertiary/aromatic N) is 1. The summed E-state index contributed by atoms with van der Waals surface area (Å²) >= 11 is 0. The third kappa shape index (κ3) is 9.11. The van der Waals surface area contributed by atoms with Crippen LogP contribution in [0.2, 0.25) is 0 Å². The Morgan fingerprint density at radius 3 is 2.42 bits per heavy atom. The second-order valence-corrected chi connectivity index (χ2v) is 1.94. The van der Waals surface area contributed by atoms with E-state index in [4.69, 9.17) is 0 Å². The average molecular weight is 168 g/mol. The van der Waals surface area contributed by atoms with Gasteiger partial charge in [0.15, 0.2) is 0 Å². The molecule has 0 aliphatic rings. The van der Waals surface area contributed by atoms with E-state index in [9.17, 15) is 0 Å². The molecule has 0 atom stereocenters. The van der Waals surface area contributed by atoms with Crippen LogP contribution in [0, 0.1) is 0 Å². The molecule has 0 aliphatic carbocycles. The standard InChI is InChI=1S/C8H14N2.C2H6/c1-4-8(7-10-3)5-6-9-2;1-2/h4,7,9H,1,3,5-6H2,2H3;1-2H3/b8-7+;. The van der Waals surface area contributed by atoms with Gasteiger partial charge in [0.1, 0.15) is 0 Å². The van der Waals surface area contributed by atoms with Gasteiger partial charge < -0.3 is 5.32 Å². The van der Waals surface area contributed by atoms with Gasteiger partial charge in [0.2, 0.25) is 0 Å². The lowest BCUT2D eigenvalue weighted by Crippen LogP contribution is -2.07. The number of nitrogens with one attached hydrogen (secondary N) is 1. The van der Waals surface area contributed by atoms with Gasteiger partial charge in [-0.1, -0.05) is 26.5 Å². The molecule has 12 heavy (non-hydrogen) atoms. The molecule has 0 bridgehead atoms. The Bertz CT molecular complexity index is 137. The quantitative estimate of drug-likeness (QED) is 0.494. The van der Waals surface area contributed by atoms with Crippen molar-refractivity contribution in [2.24, 2.45) is 4.99 Å². The topological polar surface area (TPSA) is 24.4 Å². The van der Waals surface area contributed by atoms with Crippen molar-refractivity contribution in [1.82, 2.24) is 5.32 Å². The normalized spacial score (nSPS) is 9.75. The number of rotatable bonds is 5. The highest BCUT2D eigenvalue weighted by Crippen LogP contribution is 2.00. The summed E-state index contributed by atoms with van der Waals surface area (Å²) in [6.07, 6.45) is 4.48. The van der Waals surface area contributed by atoms with E-state index in [1.807, 2.05) is 20.9 Å². The van der Waals surface area contributed by atoms with Crippen LogP contribution < -0.4 is 5.32 Å². The molecule has 0 rings (SSSR count). The van der Waals surface area contributed by atoms with Crippen molar-refractivity contribution in [2.75, 3.05) is 13.6 Å². The zero-order valence-corrected chi connectivity index (χ0v) is 8.43. The number of hydrogen-bond acceptors (Lipinski definition) is 2. The smallest absolute Gasteiger partial charge is 0.0292 e. The molecular weight excluding hydrogens is 148 g/mol. The molecule has 0 unspecified atom stereocenters. The summed E-state index contributed by atoms with van der Waals surface area (Å²) in [5.41, 5.74) is 1.12. The molecule has 70 valence electrons. The van der Waals surface area contributed by atoms with Crippen molar-refractivity contribution in [3.63, 3.8) is 0 Å². The summed E-state index contributed by atoms with van der Waals surface area (Å²) in [4.78, 5) is 3.65. The Hall–Kier alpha value is -0.890. The van der Waals surface area contributed by atoms with Crippen LogP contribution in [-0.4, -0.2) is 20.3 Å². The van der Waals surface area contributed by atoms with Gasteiger partial charge in [0.25, 0.3) is 0 Å². The van der Waals surface area contributed by atoms with Gasteiger partial charge in [-0.05, 0) is 32.3 Å².